The molecule has 0 aliphatic rings. The molecule has 0 bridgehead atoms. The van der Waals surface area contributed by atoms with Crippen LogP contribution in [0.4, 0.5) is 0 Å². The van der Waals surface area contributed by atoms with Crippen molar-refractivity contribution in [2.24, 2.45) is 0 Å². The molecule has 0 fully saturated rings. The van der Waals surface area contributed by atoms with Crippen molar-refractivity contribution >= 4 is 18.2 Å². The van der Waals surface area contributed by atoms with E-state index in [4.69, 9.17) is 4.55 Å². The molecular weight excluding hydrogens is 228 g/mol. The average molecular weight is 246 g/mol. The van der Waals surface area contributed by atoms with Gasteiger partial charge < -0.3 is 0 Å². The minimum atomic E-state index is -3.93. The van der Waals surface area contributed by atoms with Gasteiger partial charge >= 0.3 is 0 Å². The van der Waals surface area contributed by atoms with Crippen LogP contribution < -0.4 is 0 Å². The quantitative estimate of drug-likeness (QED) is 0.406. The first-order valence-corrected chi connectivity index (χ1v) is 9.11. The van der Waals surface area contributed by atoms with Crippen molar-refractivity contribution < 1.29 is 13.0 Å². The van der Waals surface area contributed by atoms with Crippen molar-refractivity contribution in [1.82, 2.24) is 0 Å². The maximum Gasteiger partial charge on any atom is 0.262 e. The topological polar surface area (TPSA) is 54.4 Å². The molecule has 86 valence electrons. The SMILES string of the molecule is C=CC[Si](CC=C)(CC=C)CS(=O)(=O)O. The third-order valence-electron chi connectivity index (χ3n) is 2.22. The third-order valence-corrected chi connectivity index (χ3v) is 9.59. The van der Waals surface area contributed by atoms with E-state index >= 15 is 0 Å². The van der Waals surface area contributed by atoms with Crippen LogP contribution in [0.5, 0.6) is 0 Å². The highest BCUT2D eigenvalue weighted by Crippen LogP contribution is 2.24. The molecule has 0 aromatic carbocycles. The van der Waals surface area contributed by atoms with Gasteiger partial charge in [0.1, 0.15) is 0 Å². The standard InChI is InChI=1S/C10H18O3SSi/c1-4-7-15(8-5-2,9-6-3)10-14(11,12)13/h4-6H,1-3,7-10H2,(H,11,12,13). The van der Waals surface area contributed by atoms with Gasteiger partial charge in [0.2, 0.25) is 0 Å². The first kappa shape index (κ1) is 14.3. The lowest BCUT2D eigenvalue weighted by Gasteiger charge is -2.26. The van der Waals surface area contributed by atoms with Crippen LogP contribution in [0, 0.1) is 0 Å². The van der Waals surface area contributed by atoms with Gasteiger partial charge in [0.15, 0.2) is 0 Å². The van der Waals surface area contributed by atoms with Crippen molar-refractivity contribution in [3.63, 3.8) is 0 Å². The lowest BCUT2D eigenvalue weighted by Crippen LogP contribution is -2.40. The summed E-state index contributed by atoms with van der Waals surface area (Å²) in [4.78, 5) is 0. The molecule has 0 atom stereocenters. The molecule has 5 heteroatoms. The van der Waals surface area contributed by atoms with E-state index in [2.05, 4.69) is 19.7 Å². The summed E-state index contributed by atoms with van der Waals surface area (Å²) in [6, 6.07) is 1.93. The Morgan fingerprint density at radius 3 is 1.53 bits per heavy atom. The highest BCUT2D eigenvalue weighted by molar-refractivity contribution is 7.87. The number of hydrogen-bond acceptors (Lipinski definition) is 2. The van der Waals surface area contributed by atoms with E-state index < -0.39 is 18.2 Å². The van der Waals surface area contributed by atoms with Crippen LogP contribution in [0.25, 0.3) is 0 Å². The van der Waals surface area contributed by atoms with Gasteiger partial charge in [-0.15, -0.1) is 19.7 Å². The van der Waals surface area contributed by atoms with Crippen LogP contribution in [0.2, 0.25) is 18.1 Å². The lowest BCUT2D eigenvalue weighted by atomic mass is 10.7. The molecule has 0 radical (unpaired) electrons. The zero-order chi connectivity index (χ0) is 11.9. The third kappa shape index (κ3) is 5.71. The molecule has 0 saturated carbocycles. The highest BCUT2D eigenvalue weighted by Gasteiger charge is 2.33. The minimum Gasteiger partial charge on any atom is -0.286 e. The molecule has 0 spiro atoms. The monoisotopic (exact) mass is 246 g/mol. The summed E-state index contributed by atoms with van der Waals surface area (Å²) in [6.07, 6.45) is 5.14. The molecule has 0 aliphatic carbocycles. The summed E-state index contributed by atoms with van der Waals surface area (Å²) in [7, 11) is -6.05. The van der Waals surface area contributed by atoms with E-state index in [1.165, 1.54) is 0 Å². The summed E-state index contributed by atoms with van der Waals surface area (Å²) in [6.45, 7) is 10.9. The fourth-order valence-corrected chi connectivity index (χ4v) is 8.58. The van der Waals surface area contributed by atoms with Crippen molar-refractivity contribution in [2.75, 3.05) is 5.38 Å². The van der Waals surface area contributed by atoms with Gasteiger partial charge in [-0.2, -0.15) is 8.42 Å². The Morgan fingerprint density at radius 2 is 1.33 bits per heavy atom. The van der Waals surface area contributed by atoms with Gasteiger partial charge in [-0.25, -0.2) is 0 Å². The van der Waals surface area contributed by atoms with Crippen LogP contribution in [-0.4, -0.2) is 26.4 Å². The predicted octanol–water partition coefficient (Wildman–Crippen LogP) is 2.42. The number of allylic oxidation sites excluding steroid dienone is 3. The number of hydrogen-bond donors (Lipinski definition) is 1. The van der Waals surface area contributed by atoms with Gasteiger partial charge in [-0.1, -0.05) is 18.2 Å². The Hall–Kier alpha value is -0.653. The van der Waals surface area contributed by atoms with E-state index in [1.807, 2.05) is 0 Å². The molecular formula is C10H18O3SSi. The molecule has 1 N–H and O–H groups in total. The largest absolute Gasteiger partial charge is 0.286 e. The molecule has 0 rings (SSSR count). The van der Waals surface area contributed by atoms with Gasteiger partial charge in [0.05, 0.1) is 13.5 Å². The maximum absolute atomic E-state index is 11.0. The van der Waals surface area contributed by atoms with Crippen LogP contribution in [0.1, 0.15) is 0 Å². The summed E-state index contributed by atoms with van der Waals surface area (Å²) >= 11 is 0. The van der Waals surface area contributed by atoms with Crippen LogP contribution in [0.3, 0.4) is 0 Å². The van der Waals surface area contributed by atoms with Gasteiger partial charge in [-0.3, -0.25) is 4.55 Å². The van der Waals surface area contributed by atoms with E-state index in [-0.39, 0.29) is 5.38 Å². The smallest absolute Gasteiger partial charge is 0.262 e. The zero-order valence-electron chi connectivity index (χ0n) is 8.85. The molecule has 15 heavy (non-hydrogen) atoms. The summed E-state index contributed by atoms with van der Waals surface area (Å²) in [5.41, 5.74) is 0. The average Bonchev–Trinajstić information content (AvgIpc) is 2.01. The van der Waals surface area contributed by atoms with Crippen molar-refractivity contribution in [1.29, 1.82) is 0 Å². The summed E-state index contributed by atoms with van der Waals surface area (Å²) in [5.74, 6) is 0. The van der Waals surface area contributed by atoms with Crippen molar-refractivity contribution in [3.8, 4) is 0 Å². The Labute approximate surface area is 93.0 Å². The first-order chi connectivity index (χ1) is 6.89. The molecule has 3 nitrogen and oxygen atoms in total. The highest BCUT2D eigenvalue weighted by atomic mass is 32.2. The second kappa shape index (κ2) is 6.04. The van der Waals surface area contributed by atoms with E-state index in [0.717, 1.165) is 0 Å². The second-order valence-electron chi connectivity index (χ2n) is 3.70. The van der Waals surface area contributed by atoms with Crippen LogP contribution >= 0.6 is 0 Å². The van der Waals surface area contributed by atoms with Crippen molar-refractivity contribution in [2.45, 2.75) is 18.1 Å². The van der Waals surface area contributed by atoms with Crippen molar-refractivity contribution in [3.05, 3.63) is 38.0 Å². The predicted molar refractivity (Wildman–Crippen MR) is 67.2 cm³/mol. The molecule has 0 aliphatic heterocycles. The van der Waals surface area contributed by atoms with E-state index in [0.29, 0.717) is 18.1 Å². The molecule has 0 saturated heterocycles. The molecule has 0 aromatic heterocycles. The first-order valence-electron chi connectivity index (χ1n) is 4.67. The Morgan fingerprint density at radius 1 is 1.00 bits per heavy atom. The molecule has 0 unspecified atom stereocenters. The summed E-state index contributed by atoms with van der Waals surface area (Å²) < 4.78 is 30.9. The normalized spacial score (nSPS) is 12.1. The fourth-order valence-electron chi connectivity index (χ4n) is 1.73. The molecule has 0 amide bonds. The van der Waals surface area contributed by atoms with Gasteiger partial charge in [-0.05, 0) is 18.1 Å². The van der Waals surface area contributed by atoms with Crippen LogP contribution in [0.15, 0.2) is 38.0 Å². The van der Waals surface area contributed by atoms with Gasteiger partial charge in [0.25, 0.3) is 10.1 Å². The fraction of sp³-hybridized carbons (Fsp3) is 0.400. The zero-order valence-corrected chi connectivity index (χ0v) is 10.7. The second-order valence-corrected chi connectivity index (χ2v) is 10.2. The Kier molecular flexibility index (Phi) is 5.78. The van der Waals surface area contributed by atoms with E-state index in [9.17, 15) is 8.42 Å². The lowest BCUT2D eigenvalue weighted by molar-refractivity contribution is 0.488. The Balaban J connectivity index is 4.99. The maximum atomic E-state index is 11.0. The Bertz CT molecular complexity index is 306. The summed E-state index contributed by atoms with van der Waals surface area (Å²) in [5, 5.41) is -0.149. The number of rotatable bonds is 8. The molecule has 0 heterocycles. The van der Waals surface area contributed by atoms with Gasteiger partial charge in [0, 0.05) is 0 Å². The van der Waals surface area contributed by atoms with E-state index in [1.54, 1.807) is 18.2 Å². The minimum absolute atomic E-state index is 0.149. The molecule has 0 aromatic rings. The van der Waals surface area contributed by atoms with Crippen LogP contribution in [-0.2, 0) is 10.1 Å².